The molecule has 0 spiro atoms. The van der Waals surface area contributed by atoms with E-state index in [1.807, 2.05) is 6.07 Å². The van der Waals surface area contributed by atoms with Gasteiger partial charge in [-0.15, -0.1) is 0 Å². The minimum Gasteiger partial charge on any atom is -0.508 e. The van der Waals surface area contributed by atoms with E-state index >= 15 is 0 Å². The van der Waals surface area contributed by atoms with E-state index in [2.05, 4.69) is 63.4 Å². The number of amides is 1. The van der Waals surface area contributed by atoms with Gasteiger partial charge in [0.15, 0.2) is 0 Å². The molecule has 1 aromatic heterocycles. The van der Waals surface area contributed by atoms with Crippen LogP contribution in [0.2, 0.25) is 0 Å². The maximum Gasteiger partial charge on any atom is 0.238 e. The summed E-state index contributed by atoms with van der Waals surface area (Å²) in [5.41, 5.74) is 4.74. The van der Waals surface area contributed by atoms with Crippen LogP contribution >= 0.6 is 0 Å². The molecule has 4 N–H and O–H groups in total. The normalized spacial score (nSPS) is 15.0. The van der Waals surface area contributed by atoms with E-state index in [1.54, 1.807) is 18.2 Å². The van der Waals surface area contributed by atoms with Gasteiger partial charge >= 0.3 is 0 Å². The van der Waals surface area contributed by atoms with Crippen molar-refractivity contribution in [1.29, 1.82) is 0 Å². The third-order valence-electron chi connectivity index (χ3n) is 6.95. The van der Waals surface area contributed by atoms with Crippen molar-refractivity contribution in [3.05, 3.63) is 66.2 Å². The molecule has 7 heteroatoms. The number of carbonyl (C=O) groups is 1. The number of para-hydroxylation sites is 1. The molecular formula is C28H32N4O3. The number of hydrogen-bond acceptors (Lipinski definition) is 5. The third-order valence-corrected chi connectivity index (χ3v) is 6.95. The fourth-order valence-electron chi connectivity index (χ4n) is 5.17. The van der Waals surface area contributed by atoms with Gasteiger partial charge in [0, 0.05) is 70.5 Å². The summed E-state index contributed by atoms with van der Waals surface area (Å²) in [6.45, 7) is 4.94. The number of carbonyl (C=O) groups excluding carboxylic acids is 1. The zero-order valence-electron chi connectivity index (χ0n) is 20.0. The molecule has 2 heterocycles. The number of hydrogen-bond donors (Lipinski definition) is 4. The van der Waals surface area contributed by atoms with Crippen molar-refractivity contribution < 1.29 is 15.0 Å². The highest BCUT2D eigenvalue weighted by Crippen LogP contribution is 2.31. The number of piperidine rings is 1. The van der Waals surface area contributed by atoms with Crippen molar-refractivity contribution in [3.8, 4) is 5.75 Å². The predicted molar refractivity (Wildman–Crippen MR) is 141 cm³/mol. The minimum atomic E-state index is -0.0770. The number of benzene rings is 3. The highest BCUT2D eigenvalue weighted by Gasteiger charge is 2.22. The van der Waals surface area contributed by atoms with Gasteiger partial charge in [-0.1, -0.05) is 24.3 Å². The van der Waals surface area contributed by atoms with Crippen LogP contribution in [0.1, 0.15) is 25.3 Å². The number of nitrogens with one attached hydrogen (secondary N) is 2. The van der Waals surface area contributed by atoms with E-state index < -0.39 is 0 Å². The lowest BCUT2D eigenvalue weighted by atomic mass is 10.0. The van der Waals surface area contributed by atoms with Crippen molar-refractivity contribution in [2.45, 2.75) is 39.0 Å². The predicted octanol–water partition coefficient (Wildman–Crippen LogP) is 4.53. The molecule has 0 aliphatic carbocycles. The summed E-state index contributed by atoms with van der Waals surface area (Å²) >= 11 is 0. The first kappa shape index (κ1) is 23.2. The largest absolute Gasteiger partial charge is 0.508 e. The molecule has 5 rings (SSSR count). The number of rotatable bonds is 7. The van der Waals surface area contributed by atoms with Crippen molar-refractivity contribution in [2.24, 2.45) is 0 Å². The zero-order chi connectivity index (χ0) is 24.4. The number of fused-ring (bicyclic) bond motifs is 3. The van der Waals surface area contributed by atoms with E-state index in [0.717, 1.165) is 54.8 Å². The van der Waals surface area contributed by atoms with Crippen LogP contribution in [0.3, 0.4) is 0 Å². The highest BCUT2D eigenvalue weighted by molar-refractivity contribution is 6.09. The van der Waals surface area contributed by atoms with Crippen molar-refractivity contribution >= 4 is 39.1 Å². The second-order valence-electron chi connectivity index (χ2n) is 9.24. The van der Waals surface area contributed by atoms with Gasteiger partial charge in [-0.25, -0.2) is 0 Å². The van der Waals surface area contributed by atoms with E-state index in [4.69, 9.17) is 0 Å². The van der Waals surface area contributed by atoms with Gasteiger partial charge in [0.1, 0.15) is 5.75 Å². The molecule has 182 valence electrons. The Bertz CT molecular complexity index is 1360. The minimum absolute atomic E-state index is 0.00876. The van der Waals surface area contributed by atoms with E-state index in [1.165, 1.54) is 16.4 Å². The molecule has 0 saturated carbocycles. The maximum atomic E-state index is 12.8. The summed E-state index contributed by atoms with van der Waals surface area (Å²) in [4.78, 5) is 15.0. The van der Waals surface area contributed by atoms with Crippen molar-refractivity contribution in [2.75, 3.05) is 30.3 Å². The Labute approximate surface area is 205 Å². The topological polar surface area (TPSA) is 89.8 Å². The van der Waals surface area contributed by atoms with Crippen LogP contribution in [-0.4, -0.2) is 51.3 Å². The van der Waals surface area contributed by atoms with Gasteiger partial charge in [-0.2, -0.15) is 0 Å². The number of aromatic nitrogens is 1. The average molecular weight is 473 g/mol. The molecule has 1 aliphatic heterocycles. The number of phenolic OH excluding ortho intramolecular Hbond substituents is 1. The summed E-state index contributed by atoms with van der Waals surface area (Å²) < 4.78 is 2.30. The number of aryl methyl sites for hydroxylation is 1. The van der Waals surface area contributed by atoms with Crippen LogP contribution in [0.25, 0.3) is 21.8 Å². The van der Waals surface area contributed by atoms with Crippen LogP contribution in [0, 0.1) is 0 Å². The van der Waals surface area contributed by atoms with Gasteiger partial charge in [-0.05, 0) is 50.1 Å². The van der Waals surface area contributed by atoms with Gasteiger partial charge in [-0.3, -0.25) is 9.69 Å². The Kier molecular flexibility index (Phi) is 6.61. The summed E-state index contributed by atoms with van der Waals surface area (Å²) in [5, 5.41) is 28.2. The number of likely N-dealkylation sites (tertiary alicyclic amines) is 1. The lowest BCUT2D eigenvalue weighted by Gasteiger charge is -2.32. The lowest BCUT2D eigenvalue weighted by molar-refractivity contribution is -0.117. The molecule has 1 saturated heterocycles. The summed E-state index contributed by atoms with van der Waals surface area (Å²) in [6, 6.07) is 19.7. The van der Waals surface area contributed by atoms with E-state index in [0.29, 0.717) is 6.54 Å². The Balaban J connectivity index is 1.19. The Morgan fingerprint density at radius 3 is 2.54 bits per heavy atom. The number of nitrogens with zero attached hydrogens (tertiary/aromatic N) is 2. The maximum absolute atomic E-state index is 12.8. The molecule has 0 atom stereocenters. The number of aliphatic hydroxyl groups is 1. The molecule has 7 nitrogen and oxygen atoms in total. The molecule has 35 heavy (non-hydrogen) atoms. The second-order valence-corrected chi connectivity index (χ2v) is 9.24. The summed E-state index contributed by atoms with van der Waals surface area (Å²) in [6.07, 6.45) is 1.77. The molecule has 0 radical (unpaired) electrons. The lowest BCUT2D eigenvalue weighted by Crippen LogP contribution is -2.42. The average Bonchev–Trinajstić information content (AvgIpc) is 3.18. The van der Waals surface area contributed by atoms with Gasteiger partial charge in [0.05, 0.1) is 13.2 Å². The second kappa shape index (κ2) is 9.98. The standard InChI is InChI=1S/C28H32N4O3/c1-2-32-26-6-4-3-5-23(26)24-15-21(8-10-27(24)32)30-28(35)17-31-13-11-20(12-14-31)29-25-16-22(34)9-7-19(25)18-33/h3-10,15-16,20,29,33-34H,2,11-14,17-18H2,1H3,(H,30,35). The number of anilines is 2. The number of aromatic hydroxyl groups is 1. The van der Waals surface area contributed by atoms with Gasteiger partial charge in [0.2, 0.25) is 5.91 Å². The number of aliphatic hydroxyl groups excluding tert-OH is 1. The Morgan fingerprint density at radius 2 is 1.77 bits per heavy atom. The van der Waals surface area contributed by atoms with Crippen molar-refractivity contribution in [1.82, 2.24) is 9.47 Å². The zero-order valence-corrected chi connectivity index (χ0v) is 20.0. The highest BCUT2D eigenvalue weighted by atomic mass is 16.3. The van der Waals surface area contributed by atoms with Crippen LogP contribution in [0.4, 0.5) is 11.4 Å². The van der Waals surface area contributed by atoms with Crippen LogP contribution in [-0.2, 0) is 17.9 Å². The smallest absolute Gasteiger partial charge is 0.238 e. The summed E-state index contributed by atoms with van der Waals surface area (Å²) in [7, 11) is 0. The first-order chi connectivity index (χ1) is 17.1. The van der Waals surface area contributed by atoms with Gasteiger partial charge in [0.25, 0.3) is 0 Å². The van der Waals surface area contributed by atoms with E-state index in [-0.39, 0.29) is 24.3 Å². The van der Waals surface area contributed by atoms with Crippen LogP contribution in [0.15, 0.2) is 60.7 Å². The van der Waals surface area contributed by atoms with Crippen LogP contribution in [0.5, 0.6) is 5.75 Å². The van der Waals surface area contributed by atoms with Gasteiger partial charge < -0.3 is 25.4 Å². The van der Waals surface area contributed by atoms with Crippen LogP contribution < -0.4 is 10.6 Å². The van der Waals surface area contributed by atoms with E-state index in [9.17, 15) is 15.0 Å². The first-order valence-electron chi connectivity index (χ1n) is 12.3. The molecule has 1 amide bonds. The molecule has 0 unspecified atom stereocenters. The fraction of sp³-hybridized carbons (Fsp3) is 0.321. The molecular weight excluding hydrogens is 440 g/mol. The molecule has 4 aromatic rings. The molecule has 1 fully saturated rings. The Morgan fingerprint density at radius 1 is 1.00 bits per heavy atom. The third kappa shape index (κ3) is 4.83. The van der Waals surface area contributed by atoms with Crippen molar-refractivity contribution in [3.63, 3.8) is 0 Å². The molecule has 3 aromatic carbocycles. The molecule has 1 aliphatic rings. The first-order valence-corrected chi connectivity index (χ1v) is 12.3. The summed E-state index contributed by atoms with van der Waals surface area (Å²) in [5.74, 6) is 0.168. The quantitative estimate of drug-likeness (QED) is 0.317. The Hall–Kier alpha value is -3.55. The SMILES string of the molecule is CCn1c2ccccc2c2cc(NC(=O)CN3CCC(Nc4cc(O)ccc4CO)CC3)ccc21. The monoisotopic (exact) mass is 472 g/mol. The fourth-order valence-corrected chi connectivity index (χ4v) is 5.17. The number of phenols is 1. The molecule has 0 bridgehead atoms.